The van der Waals surface area contributed by atoms with Crippen LogP contribution >= 0.6 is 0 Å². The molecule has 278 valence electrons. The summed E-state index contributed by atoms with van der Waals surface area (Å²) in [6, 6.07) is 64.0. The van der Waals surface area contributed by atoms with E-state index < -0.39 is 0 Å². The van der Waals surface area contributed by atoms with Gasteiger partial charge in [-0.3, -0.25) is 0 Å². The summed E-state index contributed by atoms with van der Waals surface area (Å²) < 4.78 is 7.29. The van der Waals surface area contributed by atoms with Crippen molar-refractivity contribution >= 4 is 66.9 Å². The fourth-order valence-corrected chi connectivity index (χ4v) is 9.70. The summed E-state index contributed by atoms with van der Waals surface area (Å²) in [5.41, 5.74) is 18.5. The number of hydrogen-bond donors (Lipinski definition) is 0. The van der Waals surface area contributed by atoms with Gasteiger partial charge in [0.2, 0.25) is 0 Å². The number of para-hydroxylation sites is 5. The Hall–Kier alpha value is -7.62. The summed E-state index contributed by atoms with van der Waals surface area (Å²) in [4.78, 5) is 0. The van der Waals surface area contributed by atoms with Gasteiger partial charge < -0.3 is 13.7 Å². The Labute approximate surface area is 343 Å². The van der Waals surface area contributed by atoms with Crippen LogP contribution in [0.1, 0.15) is 33.6 Å². The van der Waals surface area contributed by atoms with Crippen LogP contribution in [0.2, 0.25) is 0 Å². The van der Waals surface area contributed by atoms with Crippen molar-refractivity contribution in [3.8, 4) is 17.1 Å². The fraction of sp³-hybridized carbons (Fsp3) is 0.0357. The second-order valence-corrected chi connectivity index (χ2v) is 15.6. The number of hydrogen-bond acceptors (Lipinski definition) is 0. The summed E-state index contributed by atoms with van der Waals surface area (Å²) in [6.45, 7) is 0. The Morgan fingerprint density at radius 1 is 0.322 bits per heavy atom. The Bertz CT molecular complexity index is 3190. The van der Waals surface area contributed by atoms with Crippen LogP contribution < -0.4 is 0 Å². The molecule has 0 fully saturated rings. The molecule has 0 atom stereocenters. The van der Waals surface area contributed by atoms with Gasteiger partial charge in [0.15, 0.2) is 0 Å². The van der Waals surface area contributed by atoms with E-state index in [2.05, 4.69) is 226 Å². The summed E-state index contributed by atoms with van der Waals surface area (Å²) in [5, 5.41) is 5.04. The molecule has 12 rings (SSSR count). The fourth-order valence-electron chi connectivity index (χ4n) is 9.70. The van der Waals surface area contributed by atoms with Crippen LogP contribution in [0.4, 0.5) is 0 Å². The van der Waals surface area contributed by atoms with Gasteiger partial charge in [-0.05, 0) is 107 Å². The highest BCUT2D eigenvalue weighted by atomic mass is 15.0. The molecule has 0 amide bonds. The van der Waals surface area contributed by atoms with Crippen molar-refractivity contribution in [3.63, 3.8) is 0 Å². The molecule has 3 heterocycles. The van der Waals surface area contributed by atoms with E-state index in [1.54, 1.807) is 0 Å². The molecule has 7 aromatic carbocycles. The monoisotopic (exact) mass is 753 g/mol. The number of rotatable bonds is 5. The molecule has 3 aromatic heterocycles. The van der Waals surface area contributed by atoms with Crippen molar-refractivity contribution in [2.75, 3.05) is 0 Å². The minimum Gasteiger partial charge on any atom is -0.313 e. The molecule has 3 nitrogen and oxygen atoms in total. The van der Waals surface area contributed by atoms with E-state index in [9.17, 15) is 0 Å². The molecule has 59 heavy (non-hydrogen) atoms. The van der Waals surface area contributed by atoms with Crippen molar-refractivity contribution in [1.82, 2.24) is 13.7 Å². The molecule has 10 aromatic rings. The summed E-state index contributed by atoms with van der Waals surface area (Å²) in [6.07, 6.45) is 15.8. The molecule has 0 radical (unpaired) electrons. The van der Waals surface area contributed by atoms with Crippen LogP contribution in [-0.2, 0) is 12.8 Å². The van der Waals surface area contributed by atoms with Crippen LogP contribution in [0.3, 0.4) is 0 Å². The summed E-state index contributed by atoms with van der Waals surface area (Å²) in [5.74, 6) is 0. The molecule has 0 aliphatic heterocycles. The van der Waals surface area contributed by atoms with Crippen LogP contribution in [0, 0.1) is 0 Å². The topological polar surface area (TPSA) is 14.8 Å². The van der Waals surface area contributed by atoms with Gasteiger partial charge in [-0.15, -0.1) is 0 Å². The number of aromatic nitrogens is 3. The first-order valence-corrected chi connectivity index (χ1v) is 20.5. The average molecular weight is 754 g/mol. The molecule has 0 saturated carbocycles. The molecular weight excluding hydrogens is 715 g/mol. The molecule has 0 saturated heterocycles. The lowest BCUT2D eigenvalue weighted by atomic mass is 9.98. The molecular formula is C56H39N3. The lowest BCUT2D eigenvalue weighted by molar-refractivity contribution is 1.00. The first-order valence-electron chi connectivity index (χ1n) is 20.5. The van der Waals surface area contributed by atoms with Gasteiger partial charge in [0.05, 0.1) is 22.1 Å². The van der Waals surface area contributed by atoms with Gasteiger partial charge in [-0.25, -0.2) is 0 Å². The van der Waals surface area contributed by atoms with Crippen molar-refractivity contribution < 1.29 is 0 Å². The van der Waals surface area contributed by atoms with Crippen LogP contribution in [0.25, 0.3) is 84.0 Å². The van der Waals surface area contributed by atoms with E-state index in [-0.39, 0.29) is 0 Å². The second-order valence-electron chi connectivity index (χ2n) is 15.6. The lowest BCUT2D eigenvalue weighted by Gasteiger charge is -2.10. The number of fused-ring (bicyclic) bond motifs is 9. The van der Waals surface area contributed by atoms with E-state index in [0.29, 0.717) is 0 Å². The minimum absolute atomic E-state index is 0.853. The van der Waals surface area contributed by atoms with Gasteiger partial charge >= 0.3 is 0 Å². The molecule has 0 unspecified atom stereocenters. The third-order valence-corrected chi connectivity index (χ3v) is 12.3. The third-order valence-electron chi connectivity index (χ3n) is 12.3. The zero-order chi connectivity index (χ0) is 38.9. The Morgan fingerprint density at radius 3 is 1.14 bits per heavy atom. The van der Waals surface area contributed by atoms with Gasteiger partial charge in [0.1, 0.15) is 0 Å². The molecule has 2 aliphatic carbocycles. The van der Waals surface area contributed by atoms with Crippen molar-refractivity contribution in [1.29, 1.82) is 0 Å². The van der Waals surface area contributed by atoms with Crippen molar-refractivity contribution in [3.05, 3.63) is 234 Å². The van der Waals surface area contributed by atoms with E-state index in [1.165, 1.54) is 99.8 Å². The average Bonchev–Trinajstić information content (AvgIpc) is 3.74. The normalized spacial score (nSPS) is 13.7. The standard InChI is InChI=1S/C56H39N3/c1-4-18-42(19-5-1)57-51-26-12-10-24-45(51)47-34-38(16-14-28-53(47)57)40-30-32-55-49(36-40)50-37-41(31-33-56(50)59(55)44-22-8-3-9-23-44)39-17-15-29-54-48(35-39)46-25-11-13-27-52(46)58(54)43-20-6-2-7-21-43/h1-27,30-37H,28-29H2. The largest absolute Gasteiger partial charge is 0.313 e. The molecule has 0 N–H and O–H groups in total. The first kappa shape index (κ1) is 33.5. The van der Waals surface area contributed by atoms with Crippen LogP contribution in [0.15, 0.2) is 200 Å². The van der Waals surface area contributed by atoms with Crippen LogP contribution in [0.5, 0.6) is 0 Å². The Balaban J connectivity index is 1.04. The van der Waals surface area contributed by atoms with Gasteiger partial charge in [0.25, 0.3) is 0 Å². The maximum atomic E-state index is 2.44. The van der Waals surface area contributed by atoms with E-state index in [4.69, 9.17) is 0 Å². The molecule has 0 spiro atoms. The Morgan fingerprint density at radius 2 is 0.695 bits per heavy atom. The quantitative estimate of drug-likeness (QED) is 0.166. The highest BCUT2D eigenvalue weighted by Crippen LogP contribution is 2.41. The molecule has 3 heteroatoms. The zero-order valence-electron chi connectivity index (χ0n) is 32.5. The SMILES string of the molecule is C1=CC(c2ccc3c(c2)c2cc(C4=Cc5c(n(-c6ccccc6)c6ccccc56)CC=C4)ccc2n3-c2ccccc2)=Cc2c(n(-c3ccccc3)c3ccccc23)C1. The zero-order valence-corrected chi connectivity index (χ0v) is 32.5. The summed E-state index contributed by atoms with van der Waals surface area (Å²) in [7, 11) is 0. The molecule has 2 aliphatic rings. The predicted molar refractivity (Wildman–Crippen MR) is 249 cm³/mol. The van der Waals surface area contributed by atoms with E-state index >= 15 is 0 Å². The van der Waals surface area contributed by atoms with Crippen molar-refractivity contribution in [2.45, 2.75) is 12.8 Å². The second kappa shape index (κ2) is 13.5. The predicted octanol–water partition coefficient (Wildman–Crippen LogP) is 14.0. The van der Waals surface area contributed by atoms with Gasteiger partial charge in [-0.1, -0.05) is 127 Å². The maximum Gasteiger partial charge on any atom is 0.0541 e. The highest BCUT2D eigenvalue weighted by molar-refractivity contribution is 6.12. The minimum atomic E-state index is 0.853. The number of nitrogens with zero attached hydrogens (tertiary/aromatic N) is 3. The molecule has 0 bridgehead atoms. The number of benzene rings is 7. The van der Waals surface area contributed by atoms with E-state index in [1.807, 2.05) is 0 Å². The Kier molecular flexibility index (Phi) is 7.67. The van der Waals surface area contributed by atoms with Gasteiger partial charge in [0, 0.05) is 74.0 Å². The first-order chi connectivity index (χ1) is 29.3. The van der Waals surface area contributed by atoms with Crippen LogP contribution in [-0.4, -0.2) is 13.7 Å². The summed E-state index contributed by atoms with van der Waals surface area (Å²) >= 11 is 0. The van der Waals surface area contributed by atoms with Crippen molar-refractivity contribution in [2.24, 2.45) is 0 Å². The smallest absolute Gasteiger partial charge is 0.0541 e. The maximum absolute atomic E-state index is 2.44. The highest BCUT2D eigenvalue weighted by Gasteiger charge is 2.22. The number of allylic oxidation sites excluding steroid dienone is 6. The van der Waals surface area contributed by atoms with Gasteiger partial charge in [-0.2, -0.15) is 0 Å². The van der Waals surface area contributed by atoms with E-state index in [0.717, 1.165) is 18.5 Å². The third kappa shape index (κ3) is 5.36. The lowest BCUT2D eigenvalue weighted by Crippen LogP contribution is -1.99.